The zero-order chi connectivity index (χ0) is 22.6. The minimum absolute atomic E-state index is 0.0299. The van der Waals surface area contributed by atoms with Gasteiger partial charge in [-0.15, -0.1) is 11.8 Å². The number of sulfonamides is 1. The minimum atomic E-state index is -3.53. The molecule has 3 aromatic rings. The van der Waals surface area contributed by atoms with Crippen LogP contribution in [-0.4, -0.2) is 62.5 Å². The Kier molecular flexibility index (Phi) is 7.15. The van der Waals surface area contributed by atoms with Gasteiger partial charge in [-0.25, -0.2) is 8.42 Å². The third-order valence-corrected chi connectivity index (χ3v) is 8.42. The maximum absolute atomic E-state index is 13.1. The van der Waals surface area contributed by atoms with Crippen molar-refractivity contribution in [2.24, 2.45) is 0 Å². The number of hydrogen-bond donors (Lipinski definition) is 1. The lowest BCUT2D eigenvalue weighted by molar-refractivity contribution is -0.116. The van der Waals surface area contributed by atoms with E-state index < -0.39 is 10.0 Å². The summed E-state index contributed by atoms with van der Waals surface area (Å²) >= 11 is 1.60. The zero-order valence-corrected chi connectivity index (χ0v) is 19.7. The number of piperazine rings is 1. The number of nitrogens with one attached hydrogen (secondary N) is 1. The normalized spacial score (nSPS) is 15.7. The van der Waals surface area contributed by atoms with Crippen LogP contribution in [0.4, 0.5) is 5.69 Å². The molecule has 1 aliphatic rings. The van der Waals surface area contributed by atoms with E-state index in [1.807, 2.05) is 60.9 Å². The van der Waals surface area contributed by atoms with Crippen molar-refractivity contribution in [2.45, 2.75) is 16.2 Å². The van der Waals surface area contributed by atoms with Crippen molar-refractivity contribution in [1.82, 2.24) is 9.21 Å². The van der Waals surface area contributed by atoms with Crippen LogP contribution >= 0.6 is 11.8 Å². The van der Waals surface area contributed by atoms with Gasteiger partial charge in [0.25, 0.3) is 0 Å². The van der Waals surface area contributed by atoms with E-state index in [0.29, 0.717) is 44.0 Å². The fourth-order valence-electron chi connectivity index (χ4n) is 3.89. The Morgan fingerprint density at radius 1 is 0.938 bits per heavy atom. The highest BCUT2D eigenvalue weighted by molar-refractivity contribution is 7.98. The fourth-order valence-corrected chi connectivity index (χ4v) is 5.90. The highest BCUT2D eigenvalue weighted by atomic mass is 32.2. The van der Waals surface area contributed by atoms with E-state index in [4.69, 9.17) is 0 Å². The highest BCUT2D eigenvalue weighted by Gasteiger charge is 2.28. The monoisotopic (exact) mass is 469 g/mol. The maximum atomic E-state index is 13.1. The number of thioether (sulfide) groups is 1. The number of fused-ring (bicyclic) bond motifs is 1. The van der Waals surface area contributed by atoms with Gasteiger partial charge < -0.3 is 10.2 Å². The molecule has 0 spiro atoms. The third-order valence-electron chi connectivity index (χ3n) is 5.73. The Bertz CT molecular complexity index is 1210. The molecule has 4 rings (SSSR count). The van der Waals surface area contributed by atoms with Gasteiger partial charge in [0.15, 0.2) is 0 Å². The number of carbonyl (C=O) groups is 1. The molecule has 0 radical (unpaired) electrons. The lowest BCUT2D eigenvalue weighted by Gasteiger charge is -2.33. The molecule has 0 unspecified atom stereocenters. The van der Waals surface area contributed by atoms with Gasteiger partial charge >= 0.3 is 0 Å². The molecule has 1 heterocycles. The Balaban J connectivity index is 1.31. The molecule has 0 aliphatic carbocycles. The Labute approximate surface area is 193 Å². The molecule has 0 aromatic heterocycles. The summed E-state index contributed by atoms with van der Waals surface area (Å²) in [5.74, 6) is -0.0299. The predicted octanol–water partition coefficient (Wildman–Crippen LogP) is 3.90. The molecule has 1 amide bonds. The van der Waals surface area contributed by atoms with Crippen molar-refractivity contribution in [3.05, 3.63) is 66.7 Å². The van der Waals surface area contributed by atoms with Crippen LogP contribution in [0, 0.1) is 0 Å². The SMILES string of the molecule is CSc1ccccc1NC(=O)CCN1CCN(S(=O)(=O)c2ccc3ccccc3c2)CC1. The summed E-state index contributed by atoms with van der Waals surface area (Å²) in [7, 11) is -3.53. The molecular weight excluding hydrogens is 442 g/mol. The van der Waals surface area contributed by atoms with Crippen molar-refractivity contribution in [3.63, 3.8) is 0 Å². The van der Waals surface area contributed by atoms with Crippen molar-refractivity contribution < 1.29 is 13.2 Å². The van der Waals surface area contributed by atoms with Gasteiger partial charge in [-0.3, -0.25) is 4.79 Å². The second kappa shape index (κ2) is 10.0. The molecule has 3 aromatic carbocycles. The standard InChI is InChI=1S/C24H27N3O3S2/c1-31-23-9-5-4-8-22(23)25-24(28)12-13-26-14-16-27(17-15-26)32(29,30)21-11-10-19-6-2-3-7-20(19)18-21/h2-11,18H,12-17H2,1H3,(H,25,28). The van der Waals surface area contributed by atoms with Gasteiger partial charge in [-0.05, 0) is 41.3 Å². The van der Waals surface area contributed by atoms with Crippen molar-refractivity contribution in [2.75, 3.05) is 44.3 Å². The molecule has 8 heteroatoms. The number of amides is 1. The van der Waals surface area contributed by atoms with Gasteiger partial charge in [-0.1, -0.05) is 42.5 Å². The summed E-state index contributed by atoms with van der Waals surface area (Å²) in [4.78, 5) is 15.9. The lowest BCUT2D eigenvalue weighted by atomic mass is 10.1. The Morgan fingerprint density at radius 3 is 2.38 bits per heavy atom. The van der Waals surface area contributed by atoms with E-state index in [2.05, 4.69) is 10.2 Å². The van der Waals surface area contributed by atoms with E-state index in [0.717, 1.165) is 21.4 Å². The van der Waals surface area contributed by atoms with Crippen LogP contribution in [-0.2, 0) is 14.8 Å². The van der Waals surface area contributed by atoms with E-state index in [9.17, 15) is 13.2 Å². The molecule has 0 saturated carbocycles. The molecule has 0 atom stereocenters. The number of carbonyl (C=O) groups excluding carboxylic acids is 1. The number of anilines is 1. The summed E-state index contributed by atoms with van der Waals surface area (Å²) in [6.45, 7) is 2.68. The number of benzene rings is 3. The van der Waals surface area contributed by atoms with Gasteiger partial charge in [0.1, 0.15) is 0 Å². The topological polar surface area (TPSA) is 69.7 Å². The first-order chi connectivity index (χ1) is 15.5. The molecule has 1 aliphatic heterocycles. The second-order valence-electron chi connectivity index (χ2n) is 7.75. The highest BCUT2D eigenvalue weighted by Crippen LogP contribution is 2.25. The number of para-hydroxylation sites is 1. The largest absolute Gasteiger partial charge is 0.325 e. The van der Waals surface area contributed by atoms with E-state index >= 15 is 0 Å². The second-order valence-corrected chi connectivity index (χ2v) is 10.5. The van der Waals surface area contributed by atoms with Crippen LogP contribution in [0.15, 0.2) is 76.5 Å². The molecule has 1 fully saturated rings. The van der Waals surface area contributed by atoms with E-state index in [1.165, 1.54) is 0 Å². The fraction of sp³-hybridized carbons (Fsp3) is 0.292. The van der Waals surface area contributed by atoms with Crippen LogP contribution in [0.25, 0.3) is 10.8 Å². The molecule has 168 valence electrons. The Hall–Kier alpha value is -2.39. The van der Waals surface area contributed by atoms with Crippen LogP contribution in [0.2, 0.25) is 0 Å². The molecule has 0 bridgehead atoms. The number of nitrogens with zero attached hydrogens (tertiary/aromatic N) is 2. The number of hydrogen-bond acceptors (Lipinski definition) is 5. The molecule has 6 nitrogen and oxygen atoms in total. The van der Waals surface area contributed by atoms with Crippen LogP contribution in [0.3, 0.4) is 0 Å². The molecule has 1 saturated heterocycles. The van der Waals surface area contributed by atoms with Crippen molar-refractivity contribution >= 4 is 44.2 Å². The predicted molar refractivity (Wildman–Crippen MR) is 131 cm³/mol. The third kappa shape index (κ3) is 5.15. The molecule has 32 heavy (non-hydrogen) atoms. The van der Waals surface area contributed by atoms with E-state index in [1.54, 1.807) is 28.2 Å². The quantitative estimate of drug-likeness (QED) is 0.532. The van der Waals surface area contributed by atoms with Gasteiger partial charge in [0, 0.05) is 44.0 Å². The van der Waals surface area contributed by atoms with Crippen LogP contribution < -0.4 is 5.32 Å². The first-order valence-corrected chi connectivity index (χ1v) is 13.3. The van der Waals surface area contributed by atoms with Crippen LogP contribution in [0.5, 0.6) is 0 Å². The first kappa shape index (κ1) is 22.8. The average molecular weight is 470 g/mol. The summed E-state index contributed by atoms with van der Waals surface area (Å²) in [6.07, 6.45) is 2.36. The van der Waals surface area contributed by atoms with Gasteiger partial charge in [-0.2, -0.15) is 4.31 Å². The summed E-state index contributed by atoms with van der Waals surface area (Å²) in [5, 5.41) is 4.92. The zero-order valence-electron chi connectivity index (χ0n) is 18.0. The van der Waals surface area contributed by atoms with E-state index in [-0.39, 0.29) is 5.91 Å². The lowest BCUT2D eigenvalue weighted by Crippen LogP contribution is -2.49. The minimum Gasteiger partial charge on any atom is -0.325 e. The first-order valence-electron chi connectivity index (χ1n) is 10.6. The maximum Gasteiger partial charge on any atom is 0.243 e. The van der Waals surface area contributed by atoms with Crippen LogP contribution in [0.1, 0.15) is 6.42 Å². The molecular formula is C24H27N3O3S2. The number of rotatable bonds is 7. The summed E-state index contributed by atoms with van der Waals surface area (Å²) < 4.78 is 27.8. The van der Waals surface area contributed by atoms with Crippen molar-refractivity contribution in [1.29, 1.82) is 0 Å². The molecule has 1 N–H and O–H groups in total. The van der Waals surface area contributed by atoms with Gasteiger partial charge in [0.05, 0.1) is 10.6 Å². The van der Waals surface area contributed by atoms with Crippen molar-refractivity contribution in [3.8, 4) is 0 Å². The average Bonchev–Trinajstić information content (AvgIpc) is 2.83. The summed E-state index contributed by atoms with van der Waals surface area (Å²) in [6, 6.07) is 20.8. The Morgan fingerprint density at radius 2 is 1.62 bits per heavy atom. The summed E-state index contributed by atoms with van der Waals surface area (Å²) in [5.41, 5.74) is 0.830. The van der Waals surface area contributed by atoms with Gasteiger partial charge in [0.2, 0.25) is 15.9 Å². The smallest absolute Gasteiger partial charge is 0.243 e.